The van der Waals surface area contributed by atoms with Gasteiger partial charge in [-0.05, 0) is 52.7 Å². The predicted octanol–water partition coefficient (Wildman–Crippen LogP) is 3.79. The van der Waals surface area contributed by atoms with Crippen molar-refractivity contribution in [3.63, 3.8) is 0 Å². The number of aromatic nitrogens is 1. The molecular weight excluding hydrogens is 450 g/mol. The molecule has 0 aliphatic carbocycles. The van der Waals surface area contributed by atoms with Crippen LogP contribution in [-0.2, 0) is 6.54 Å². The maximum Gasteiger partial charge on any atom is 0.259 e. The number of aryl methyl sites for hydroxylation is 1. The molecule has 152 valence electrons. The number of nitrogens with zero attached hydrogens (tertiary/aromatic N) is 2. The highest BCUT2D eigenvalue weighted by atomic mass is 79.9. The highest BCUT2D eigenvalue weighted by Crippen LogP contribution is 2.42. The van der Waals surface area contributed by atoms with Gasteiger partial charge in [-0.3, -0.25) is 4.79 Å². The highest BCUT2D eigenvalue weighted by Gasteiger charge is 2.34. The second-order valence-corrected chi connectivity index (χ2v) is 7.71. The molecule has 1 aliphatic rings. The summed E-state index contributed by atoms with van der Waals surface area (Å²) in [4.78, 5) is 13.6. The van der Waals surface area contributed by atoms with Gasteiger partial charge in [0.2, 0.25) is 5.88 Å². The van der Waals surface area contributed by atoms with E-state index < -0.39 is 5.92 Å². The first-order valence-electron chi connectivity index (χ1n) is 9.12. The molecule has 1 aromatic carbocycles. The molecule has 0 saturated carbocycles. The van der Waals surface area contributed by atoms with E-state index in [9.17, 15) is 10.1 Å². The molecule has 0 amide bonds. The summed E-state index contributed by atoms with van der Waals surface area (Å²) < 4.78 is 18.7. The van der Waals surface area contributed by atoms with Crippen LogP contribution in [-0.4, -0.2) is 11.7 Å². The molecule has 1 unspecified atom stereocenters. The molecule has 3 aromatic rings. The summed E-state index contributed by atoms with van der Waals surface area (Å²) >= 11 is 3.47. The molecule has 0 radical (unpaired) electrons. The van der Waals surface area contributed by atoms with E-state index in [0.29, 0.717) is 33.0 Å². The summed E-state index contributed by atoms with van der Waals surface area (Å²) in [7, 11) is 1.57. The summed E-state index contributed by atoms with van der Waals surface area (Å²) in [5.41, 5.74) is 7.74. The average molecular weight is 468 g/mol. The van der Waals surface area contributed by atoms with Crippen LogP contribution in [0.4, 0.5) is 0 Å². The van der Waals surface area contributed by atoms with Crippen molar-refractivity contribution in [2.75, 3.05) is 7.11 Å². The van der Waals surface area contributed by atoms with E-state index in [1.165, 1.54) is 0 Å². The van der Waals surface area contributed by atoms with Crippen LogP contribution in [0.5, 0.6) is 11.5 Å². The molecule has 2 aromatic heterocycles. The normalized spacial score (nSPS) is 15.3. The molecule has 0 fully saturated rings. The number of pyridine rings is 1. The van der Waals surface area contributed by atoms with E-state index in [1.807, 2.05) is 19.1 Å². The van der Waals surface area contributed by atoms with Crippen molar-refractivity contribution in [3.05, 3.63) is 91.5 Å². The lowest BCUT2D eigenvalue weighted by Crippen LogP contribution is -2.33. The van der Waals surface area contributed by atoms with Crippen LogP contribution in [0.15, 0.2) is 67.8 Å². The molecule has 8 heteroatoms. The summed E-state index contributed by atoms with van der Waals surface area (Å²) in [5.74, 6) is 0.958. The standard InChI is InChI=1S/C22H18BrN3O4/c1-12-8-18-20(22(27)26(12)11-14-4-3-7-29-14)19(15(10-24)21(25)30-18)13-5-6-17(28-2)16(23)9-13/h3-9,19H,11,25H2,1-2H3. The van der Waals surface area contributed by atoms with E-state index in [4.69, 9.17) is 19.6 Å². The third-order valence-corrected chi connectivity index (χ3v) is 5.71. The Balaban J connectivity index is 1.94. The van der Waals surface area contributed by atoms with E-state index >= 15 is 0 Å². The number of halogens is 1. The molecular formula is C22H18BrN3O4. The zero-order chi connectivity index (χ0) is 21.4. The quantitative estimate of drug-likeness (QED) is 0.625. The monoisotopic (exact) mass is 467 g/mol. The Morgan fingerprint density at radius 2 is 2.13 bits per heavy atom. The first-order chi connectivity index (χ1) is 14.4. The maximum absolute atomic E-state index is 13.6. The van der Waals surface area contributed by atoms with Gasteiger partial charge in [-0.1, -0.05) is 6.07 Å². The molecule has 7 nitrogen and oxygen atoms in total. The van der Waals surface area contributed by atoms with Crippen molar-refractivity contribution >= 4 is 15.9 Å². The Labute approximate surface area is 181 Å². The van der Waals surface area contributed by atoms with Crippen LogP contribution in [0.2, 0.25) is 0 Å². The number of furan rings is 1. The van der Waals surface area contributed by atoms with Gasteiger partial charge in [-0.25, -0.2) is 0 Å². The van der Waals surface area contributed by atoms with Crippen LogP contribution < -0.4 is 20.8 Å². The molecule has 4 rings (SSSR count). The lowest BCUT2D eigenvalue weighted by atomic mass is 9.84. The number of benzene rings is 1. The third kappa shape index (κ3) is 3.27. The molecule has 1 aliphatic heterocycles. The molecule has 2 N–H and O–H groups in total. The van der Waals surface area contributed by atoms with Gasteiger partial charge in [0.25, 0.3) is 5.56 Å². The minimum Gasteiger partial charge on any atom is -0.496 e. The van der Waals surface area contributed by atoms with Crippen molar-refractivity contribution in [1.82, 2.24) is 4.57 Å². The van der Waals surface area contributed by atoms with Crippen molar-refractivity contribution in [2.24, 2.45) is 5.73 Å². The average Bonchev–Trinajstić information content (AvgIpc) is 3.23. The van der Waals surface area contributed by atoms with Crippen LogP contribution >= 0.6 is 15.9 Å². The second-order valence-electron chi connectivity index (χ2n) is 6.85. The van der Waals surface area contributed by atoms with Gasteiger partial charge in [-0.2, -0.15) is 5.26 Å². The molecule has 3 heterocycles. The van der Waals surface area contributed by atoms with Gasteiger partial charge in [0, 0.05) is 11.8 Å². The Hall–Kier alpha value is -3.44. The number of rotatable bonds is 4. The fourth-order valence-electron chi connectivity index (χ4n) is 3.64. The number of fused-ring (bicyclic) bond motifs is 1. The summed E-state index contributed by atoms with van der Waals surface area (Å²) in [6.45, 7) is 2.08. The zero-order valence-electron chi connectivity index (χ0n) is 16.3. The molecule has 0 bridgehead atoms. The van der Waals surface area contributed by atoms with Crippen molar-refractivity contribution < 1.29 is 13.9 Å². The first-order valence-corrected chi connectivity index (χ1v) is 9.91. The van der Waals surface area contributed by atoms with Gasteiger partial charge in [0.1, 0.15) is 28.9 Å². The van der Waals surface area contributed by atoms with E-state index in [0.717, 1.165) is 5.56 Å². The third-order valence-electron chi connectivity index (χ3n) is 5.09. The Morgan fingerprint density at radius 3 is 2.77 bits per heavy atom. The second kappa shape index (κ2) is 7.76. The smallest absolute Gasteiger partial charge is 0.259 e. The van der Waals surface area contributed by atoms with Crippen molar-refractivity contribution in [2.45, 2.75) is 19.4 Å². The number of nitrogens with two attached hydrogens (primary N) is 1. The number of nitriles is 1. The van der Waals surface area contributed by atoms with Crippen LogP contribution in [0.25, 0.3) is 0 Å². The van der Waals surface area contributed by atoms with E-state index in [1.54, 1.807) is 42.2 Å². The highest BCUT2D eigenvalue weighted by molar-refractivity contribution is 9.10. The predicted molar refractivity (Wildman–Crippen MR) is 113 cm³/mol. The van der Waals surface area contributed by atoms with E-state index in [2.05, 4.69) is 22.0 Å². The Morgan fingerprint density at radius 1 is 1.33 bits per heavy atom. The molecule has 30 heavy (non-hydrogen) atoms. The SMILES string of the molecule is COc1ccc(C2C(C#N)=C(N)Oc3cc(C)n(Cc4ccco4)c(=O)c32)cc1Br. The van der Waals surface area contributed by atoms with Gasteiger partial charge in [0.05, 0.1) is 35.9 Å². The van der Waals surface area contributed by atoms with Crippen LogP contribution in [0.1, 0.15) is 28.5 Å². The summed E-state index contributed by atoms with van der Waals surface area (Å²) in [6, 6.07) is 12.8. The van der Waals surface area contributed by atoms with Crippen LogP contribution in [0, 0.1) is 18.3 Å². The topological polar surface area (TPSA) is 103 Å². The first kappa shape index (κ1) is 19.9. The minimum atomic E-state index is -0.670. The number of hydrogen-bond acceptors (Lipinski definition) is 6. The summed E-state index contributed by atoms with van der Waals surface area (Å²) in [6.07, 6.45) is 1.56. The fraction of sp³-hybridized carbons (Fsp3) is 0.182. The van der Waals surface area contributed by atoms with E-state index in [-0.39, 0.29) is 23.6 Å². The van der Waals surface area contributed by atoms with Crippen molar-refractivity contribution in [1.29, 1.82) is 5.26 Å². The Kier molecular flexibility index (Phi) is 5.14. The number of hydrogen-bond donors (Lipinski definition) is 1. The van der Waals surface area contributed by atoms with Gasteiger partial charge < -0.3 is 24.2 Å². The Bertz CT molecular complexity index is 1250. The zero-order valence-corrected chi connectivity index (χ0v) is 17.9. The largest absolute Gasteiger partial charge is 0.496 e. The molecule has 0 spiro atoms. The summed E-state index contributed by atoms with van der Waals surface area (Å²) in [5, 5.41) is 9.78. The van der Waals surface area contributed by atoms with Gasteiger partial charge in [-0.15, -0.1) is 0 Å². The fourth-order valence-corrected chi connectivity index (χ4v) is 4.19. The number of methoxy groups -OCH3 is 1. The lowest BCUT2D eigenvalue weighted by Gasteiger charge is -2.27. The van der Waals surface area contributed by atoms with Gasteiger partial charge in [0.15, 0.2) is 0 Å². The van der Waals surface area contributed by atoms with Gasteiger partial charge >= 0.3 is 0 Å². The minimum absolute atomic E-state index is 0.00970. The van der Waals surface area contributed by atoms with Crippen LogP contribution in [0.3, 0.4) is 0 Å². The lowest BCUT2D eigenvalue weighted by molar-refractivity contribution is 0.387. The number of ether oxygens (including phenoxy) is 2. The molecule has 0 saturated heterocycles. The maximum atomic E-state index is 13.6. The molecule has 1 atom stereocenters. The number of allylic oxidation sites excluding steroid dienone is 1. The van der Waals surface area contributed by atoms with Crippen molar-refractivity contribution in [3.8, 4) is 17.6 Å².